The molecule has 0 aromatic heterocycles. The van der Waals surface area contributed by atoms with Crippen LogP contribution in [-0.2, 0) is 0 Å². The minimum absolute atomic E-state index is 0.744. The maximum absolute atomic E-state index is 8.46. The maximum atomic E-state index is 8.46. The first-order chi connectivity index (χ1) is 7.36. The first-order valence-electron chi connectivity index (χ1n) is 5.60. The highest BCUT2D eigenvalue weighted by molar-refractivity contribution is 8.13. The molecule has 1 saturated carbocycles. The Morgan fingerprint density at radius 3 is 2.80 bits per heavy atom. The van der Waals surface area contributed by atoms with Crippen molar-refractivity contribution in [2.75, 3.05) is 12.8 Å². The van der Waals surface area contributed by atoms with Crippen molar-refractivity contribution in [3.63, 3.8) is 0 Å². The van der Waals surface area contributed by atoms with E-state index in [1.807, 2.05) is 12.4 Å². The summed E-state index contributed by atoms with van der Waals surface area (Å²) in [4.78, 5) is 4.37. The largest absolute Gasteiger partial charge is 0.272 e. The van der Waals surface area contributed by atoms with Gasteiger partial charge in [0.25, 0.3) is 0 Å². The lowest BCUT2D eigenvalue weighted by Gasteiger charge is -2.20. The van der Waals surface area contributed by atoms with Crippen LogP contribution in [0.2, 0.25) is 0 Å². The van der Waals surface area contributed by atoms with Crippen LogP contribution >= 0.6 is 11.8 Å². The Morgan fingerprint density at radius 2 is 2.20 bits per heavy atom. The van der Waals surface area contributed by atoms with E-state index in [9.17, 15) is 0 Å². The van der Waals surface area contributed by atoms with Crippen molar-refractivity contribution in [3.8, 4) is 6.19 Å². The van der Waals surface area contributed by atoms with Gasteiger partial charge in [-0.3, -0.25) is 10.3 Å². The predicted octanol–water partition coefficient (Wildman–Crippen LogP) is 2.75. The Bertz CT molecular complexity index is 239. The van der Waals surface area contributed by atoms with Crippen molar-refractivity contribution in [2.45, 2.75) is 38.5 Å². The highest BCUT2D eigenvalue weighted by Gasteiger charge is 2.12. The van der Waals surface area contributed by atoms with Gasteiger partial charge in [-0.15, -0.1) is 0 Å². The molecule has 15 heavy (non-hydrogen) atoms. The number of nitrogens with zero attached hydrogens (tertiary/aromatic N) is 2. The number of nitriles is 1. The van der Waals surface area contributed by atoms with Crippen LogP contribution in [0.1, 0.15) is 38.5 Å². The number of rotatable bonds is 3. The molecule has 0 amide bonds. The van der Waals surface area contributed by atoms with Crippen LogP contribution in [0.3, 0.4) is 0 Å². The molecule has 3 nitrogen and oxygen atoms in total. The quantitative estimate of drug-likeness (QED) is 0.348. The van der Waals surface area contributed by atoms with E-state index in [2.05, 4.69) is 10.3 Å². The van der Waals surface area contributed by atoms with Crippen LogP contribution in [0.25, 0.3) is 0 Å². The van der Waals surface area contributed by atoms with E-state index in [0.717, 1.165) is 17.6 Å². The van der Waals surface area contributed by atoms with Gasteiger partial charge in [0.1, 0.15) is 0 Å². The average Bonchev–Trinajstić information content (AvgIpc) is 2.29. The molecule has 0 saturated heterocycles. The number of thioether (sulfide) groups is 1. The van der Waals surface area contributed by atoms with E-state index in [1.54, 1.807) is 0 Å². The topological polar surface area (TPSA) is 48.2 Å². The van der Waals surface area contributed by atoms with Crippen molar-refractivity contribution in [1.29, 1.82) is 5.26 Å². The molecule has 1 aliphatic carbocycles. The van der Waals surface area contributed by atoms with E-state index >= 15 is 0 Å². The Balaban J connectivity index is 2.20. The summed E-state index contributed by atoms with van der Waals surface area (Å²) in [5.41, 5.74) is 0. The zero-order chi connectivity index (χ0) is 10.9. The van der Waals surface area contributed by atoms with Crippen LogP contribution in [0.5, 0.6) is 0 Å². The molecular weight excluding hydrogens is 206 g/mol. The summed E-state index contributed by atoms with van der Waals surface area (Å²) in [7, 11) is 0. The lowest BCUT2D eigenvalue weighted by atomic mass is 9.87. The molecule has 0 radical (unpaired) electrons. The first kappa shape index (κ1) is 12.4. The average molecular weight is 225 g/mol. The van der Waals surface area contributed by atoms with Gasteiger partial charge >= 0.3 is 0 Å². The molecule has 0 aliphatic heterocycles. The number of hydrogen-bond donors (Lipinski definition) is 1. The standard InChI is InChI=1S/C11H19N3S/c1-15-11(14-9-12)13-8-7-10-5-3-2-4-6-10/h10H,2-8H2,1H3,(H,13,14). The minimum Gasteiger partial charge on any atom is -0.272 e. The zero-order valence-corrected chi connectivity index (χ0v) is 10.1. The molecule has 0 atom stereocenters. The fourth-order valence-corrected chi connectivity index (χ4v) is 2.40. The second kappa shape index (κ2) is 7.58. The number of aliphatic imine (C=N–C) groups is 1. The fourth-order valence-electron chi connectivity index (χ4n) is 2.03. The molecular formula is C11H19N3S. The lowest BCUT2D eigenvalue weighted by Crippen LogP contribution is -2.14. The molecule has 0 aromatic carbocycles. The molecule has 0 unspecified atom stereocenters. The molecule has 0 spiro atoms. The van der Waals surface area contributed by atoms with Crippen LogP contribution in [-0.4, -0.2) is 18.0 Å². The third-order valence-corrected chi connectivity index (χ3v) is 3.49. The van der Waals surface area contributed by atoms with Gasteiger partial charge in [-0.1, -0.05) is 43.9 Å². The van der Waals surface area contributed by atoms with Gasteiger partial charge in [0.2, 0.25) is 0 Å². The van der Waals surface area contributed by atoms with Crippen molar-refractivity contribution in [3.05, 3.63) is 0 Å². The van der Waals surface area contributed by atoms with E-state index in [0.29, 0.717) is 0 Å². The molecule has 1 aliphatic rings. The second-order valence-corrected chi connectivity index (χ2v) is 4.72. The van der Waals surface area contributed by atoms with Crippen molar-refractivity contribution in [1.82, 2.24) is 5.32 Å². The minimum atomic E-state index is 0.744. The highest BCUT2D eigenvalue weighted by atomic mass is 32.2. The maximum Gasteiger partial charge on any atom is 0.183 e. The summed E-state index contributed by atoms with van der Waals surface area (Å²) in [5.74, 6) is 0.868. The molecule has 1 rings (SSSR count). The SMILES string of the molecule is CSC(=NCCC1CCCCC1)NC#N. The van der Waals surface area contributed by atoms with Gasteiger partial charge in [-0.25, -0.2) is 0 Å². The number of amidine groups is 1. The van der Waals surface area contributed by atoms with Crippen LogP contribution in [0.15, 0.2) is 4.99 Å². The van der Waals surface area contributed by atoms with E-state index in [4.69, 9.17) is 5.26 Å². The van der Waals surface area contributed by atoms with Crippen molar-refractivity contribution in [2.24, 2.45) is 10.9 Å². The van der Waals surface area contributed by atoms with Crippen LogP contribution < -0.4 is 5.32 Å². The van der Waals surface area contributed by atoms with Crippen LogP contribution in [0.4, 0.5) is 0 Å². The second-order valence-electron chi connectivity index (χ2n) is 3.92. The normalized spacial score (nSPS) is 18.5. The van der Waals surface area contributed by atoms with Gasteiger partial charge in [0.15, 0.2) is 11.4 Å². The van der Waals surface area contributed by atoms with Gasteiger partial charge < -0.3 is 0 Å². The monoisotopic (exact) mass is 225 g/mol. The molecule has 4 heteroatoms. The van der Waals surface area contributed by atoms with E-state index in [-0.39, 0.29) is 0 Å². The molecule has 0 bridgehead atoms. The summed E-state index contributed by atoms with van der Waals surface area (Å²) in [6, 6.07) is 0. The Hall–Kier alpha value is -0.690. The number of hydrogen-bond acceptors (Lipinski definition) is 3. The van der Waals surface area contributed by atoms with Gasteiger partial charge in [0, 0.05) is 6.54 Å². The Labute approximate surface area is 96.3 Å². The zero-order valence-electron chi connectivity index (χ0n) is 9.33. The fraction of sp³-hybridized carbons (Fsp3) is 0.818. The van der Waals surface area contributed by atoms with Gasteiger partial charge in [-0.2, -0.15) is 5.26 Å². The Morgan fingerprint density at radius 1 is 1.47 bits per heavy atom. The van der Waals surface area contributed by atoms with E-state index < -0.39 is 0 Å². The first-order valence-corrected chi connectivity index (χ1v) is 6.83. The third kappa shape index (κ3) is 5.08. The molecule has 0 aromatic rings. The van der Waals surface area contributed by atoms with Crippen LogP contribution in [0, 0.1) is 17.4 Å². The van der Waals surface area contributed by atoms with E-state index in [1.165, 1.54) is 50.3 Å². The molecule has 1 fully saturated rings. The lowest BCUT2D eigenvalue weighted by molar-refractivity contribution is 0.343. The van der Waals surface area contributed by atoms with Gasteiger partial charge in [0.05, 0.1) is 0 Å². The van der Waals surface area contributed by atoms with Crippen molar-refractivity contribution < 1.29 is 0 Å². The molecule has 1 N–H and O–H groups in total. The summed E-state index contributed by atoms with van der Waals surface area (Å²) in [6.07, 6.45) is 11.9. The summed E-state index contributed by atoms with van der Waals surface area (Å²) >= 11 is 1.50. The third-order valence-electron chi connectivity index (χ3n) is 2.87. The number of nitrogens with one attached hydrogen (secondary N) is 1. The Kier molecular flexibility index (Phi) is 6.26. The highest BCUT2D eigenvalue weighted by Crippen LogP contribution is 2.26. The molecule has 0 heterocycles. The smallest absolute Gasteiger partial charge is 0.183 e. The van der Waals surface area contributed by atoms with Gasteiger partial charge in [-0.05, 0) is 18.6 Å². The summed E-state index contributed by atoms with van der Waals surface area (Å²) < 4.78 is 0. The summed E-state index contributed by atoms with van der Waals surface area (Å²) in [6.45, 7) is 0.857. The summed E-state index contributed by atoms with van der Waals surface area (Å²) in [5, 5.41) is 11.8. The predicted molar refractivity (Wildman–Crippen MR) is 65.8 cm³/mol. The van der Waals surface area contributed by atoms with Crippen molar-refractivity contribution >= 4 is 16.9 Å². The molecule has 84 valence electrons.